The third kappa shape index (κ3) is 3.11. The lowest BCUT2D eigenvalue weighted by molar-refractivity contribution is -0.135. The van der Waals surface area contributed by atoms with Crippen LogP contribution < -0.4 is 5.32 Å². The van der Waals surface area contributed by atoms with Crippen LogP contribution in [-0.4, -0.2) is 31.5 Å². The van der Waals surface area contributed by atoms with Crippen LogP contribution in [0.3, 0.4) is 0 Å². The summed E-state index contributed by atoms with van der Waals surface area (Å²) in [5, 5.41) is 12.5. The highest BCUT2D eigenvalue weighted by atomic mass is 19.1. The average molecular weight is 271 g/mol. The lowest BCUT2D eigenvalue weighted by atomic mass is 9.86. The number of ether oxygens (including phenoxy) is 1. The molecule has 0 saturated carbocycles. The Labute approximate surface area is 111 Å². The monoisotopic (exact) mass is 271 g/mol. The molecule has 1 unspecified atom stereocenters. The van der Waals surface area contributed by atoms with Crippen molar-refractivity contribution < 1.29 is 18.6 Å². The molecule has 2 rings (SSSR count). The Hall–Kier alpha value is -1.04. The van der Waals surface area contributed by atoms with E-state index in [1.54, 1.807) is 0 Å². The minimum Gasteiger partial charge on any atom is -0.396 e. The van der Waals surface area contributed by atoms with E-state index < -0.39 is 11.6 Å². The highest BCUT2D eigenvalue weighted by Crippen LogP contribution is 2.28. The highest BCUT2D eigenvalue weighted by molar-refractivity contribution is 5.22. The first-order chi connectivity index (χ1) is 9.10. The minimum absolute atomic E-state index is 0.0298. The second kappa shape index (κ2) is 5.94. The molecule has 2 N–H and O–H groups in total. The van der Waals surface area contributed by atoms with Gasteiger partial charge in [-0.25, -0.2) is 8.78 Å². The van der Waals surface area contributed by atoms with Gasteiger partial charge in [0, 0.05) is 18.2 Å². The van der Waals surface area contributed by atoms with Gasteiger partial charge in [0.1, 0.15) is 11.6 Å². The van der Waals surface area contributed by atoms with E-state index in [9.17, 15) is 13.9 Å². The molecule has 5 heteroatoms. The van der Waals surface area contributed by atoms with Crippen LogP contribution in [0.4, 0.5) is 8.78 Å². The maximum absolute atomic E-state index is 13.7. The molecule has 106 valence electrons. The number of benzene rings is 1. The summed E-state index contributed by atoms with van der Waals surface area (Å²) in [5.41, 5.74) is 0.0489. The predicted octanol–water partition coefficient (Wildman–Crippen LogP) is 2.01. The largest absolute Gasteiger partial charge is 0.396 e. The van der Waals surface area contributed by atoms with Crippen LogP contribution in [0.15, 0.2) is 18.2 Å². The van der Waals surface area contributed by atoms with Crippen LogP contribution in [0, 0.1) is 17.0 Å². The Morgan fingerprint density at radius 2 is 2.16 bits per heavy atom. The van der Waals surface area contributed by atoms with Crippen molar-refractivity contribution in [1.82, 2.24) is 5.32 Å². The fourth-order valence-corrected chi connectivity index (χ4v) is 2.24. The van der Waals surface area contributed by atoms with Crippen LogP contribution in [0.25, 0.3) is 0 Å². The second-order valence-electron chi connectivity index (χ2n) is 5.16. The molecule has 0 amide bonds. The number of nitrogens with one attached hydrogen (secondary N) is 1. The van der Waals surface area contributed by atoms with E-state index >= 15 is 0 Å². The van der Waals surface area contributed by atoms with Gasteiger partial charge in [0.25, 0.3) is 0 Å². The Morgan fingerprint density at radius 1 is 1.42 bits per heavy atom. The van der Waals surface area contributed by atoms with Crippen LogP contribution in [0.5, 0.6) is 0 Å². The van der Waals surface area contributed by atoms with Crippen molar-refractivity contribution in [2.24, 2.45) is 5.41 Å². The summed E-state index contributed by atoms with van der Waals surface area (Å²) in [6.07, 6.45) is 0.642. The van der Waals surface area contributed by atoms with Crippen molar-refractivity contribution in [3.8, 4) is 0 Å². The molecule has 0 aromatic heterocycles. The maximum Gasteiger partial charge on any atom is 0.128 e. The maximum atomic E-state index is 13.7. The Balaban J connectivity index is 2.05. The van der Waals surface area contributed by atoms with Gasteiger partial charge in [0.2, 0.25) is 0 Å². The molecule has 19 heavy (non-hydrogen) atoms. The van der Waals surface area contributed by atoms with Gasteiger partial charge in [-0.1, -0.05) is 6.92 Å². The fraction of sp³-hybridized carbons (Fsp3) is 0.571. The van der Waals surface area contributed by atoms with Gasteiger partial charge in [0.15, 0.2) is 0 Å². The van der Waals surface area contributed by atoms with Gasteiger partial charge >= 0.3 is 0 Å². The molecular weight excluding hydrogens is 252 g/mol. The molecule has 1 saturated heterocycles. The fourth-order valence-electron chi connectivity index (χ4n) is 2.24. The Bertz CT molecular complexity index is 430. The van der Waals surface area contributed by atoms with Crippen LogP contribution in [-0.2, 0) is 4.74 Å². The summed E-state index contributed by atoms with van der Waals surface area (Å²) >= 11 is 0. The molecule has 0 bridgehead atoms. The summed E-state index contributed by atoms with van der Waals surface area (Å²) in [6, 6.07) is 3.21. The smallest absolute Gasteiger partial charge is 0.128 e. The van der Waals surface area contributed by atoms with Crippen LogP contribution in [0.2, 0.25) is 0 Å². The molecule has 1 aromatic carbocycles. The van der Waals surface area contributed by atoms with Gasteiger partial charge in [-0.05, 0) is 24.6 Å². The Morgan fingerprint density at radius 3 is 2.68 bits per heavy atom. The normalized spacial score (nSPS) is 18.9. The topological polar surface area (TPSA) is 41.5 Å². The van der Waals surface area contributed by atoms with Gasteiger partial charge in [-0.15, -0.1) is 0 Å². The SMILES string of the molecule is CCC(NCC1(CO)COC1)c1cc(F)ccc1F. The van der Waals surface area contributed by atoms with Crippen molar-refractivity contribution in [3.63, 3.8) is 0 Å². The van der Waals surface area contributed by atoms with E-state index in [1.807, 2.05) is 6.92 Å². The summed E-state index contributed by atoms with van der Waals surface area (Å²) in [7, 11) is 0. The summed E-state index contributed by atoms with van der Waals surface area (Å²) in [5.74, 6) is -0.857. The minimum atomic E-state index is -0.444. The molecule has 1 aromatic rings. The number of halogens is 2. The average Bonchev–Trinajstić information content (AvgIpc) is 2.36. The lowest BCUT2D eigenvalue weighted by Crippen LogP contribution is -2.52. The predicted molar refractivity (Wildman–Crippen MR) is 67.7 cm³/mol. The van der Waals surface area contributed by atoms with Crippen molar-refractivity contribution in [1.29, 1.82) is 0 Å². The molecule has 1 aliphatic heterocycles. The molecule has 1 heterocycles. The molecule has 0 spiro atoms. The standard InChI is InChI=1S/C14H19F2NO2/c1-2-13(11-5-10(15)3-4-12(11)16)17-6-14(7-18)8-19-9-14/h3-5,13,17-18H,2,6-9H2,1H3. The van der Waals surface area contributed by atoms with Crippen molar-refractivity contribution in [2.45, 2.75) is 19.4 Å². The van der Waals surface area contributed by atoms with E-state index in [0.717, 1.165) is 12.1 Å². The molecule has 1 atom stereocenters. The number of hydrogen-bond donors (Lipinski definition) is 2. The third-order valence-electron chi connectivity index (χ3n) is 3.62. The molecule has 0 aliphatic carbocycles. The zero-order valence-electron chi connectivity index (χ0n) is 11.0. The van der Waals surface area contributed by atoms with Gasteiger partial charge in [0.05, 0.1) is 25.2 Å². The van der Waals surface area contributed by atoms with Crippen LogP contribution in [0.1, 0.15) is 24.9 Å². The van der Waals surface area contributed by atoms with Crippen molar-refractivity contribution in [2.75, 3.05) is 26.4 Å². The third-order valence-corrected chi connectivity index (χ3v) is 3.62. The second-order valence-corrected chi connectivity index (χ2v) is 5.16. The number of hydrogen-bond acceptors (Lipinski definition) is 3. The lowest BCUT2D eigenvalue weighted by Gasteiger charge is -2.41. The van der Waals surface area contributed by atoms with E-state index in [-0.39, 0.29) is 18.1 Å². The van der Waals surface area contributed by atoms with E-state index in [4.69, 9.17) is 4.74 Å². The molecular formula is C14H19F2NO2. The number of aliphatic hydroxyl groups excluding tert-OH is 1. The van der Waals surface area contributed by atoms with Gasteiger partial charge in [-0.2, -0.15) is 0 Å². The van der Waals surface area contributed by atoms with Gasteiger partial charge < -0.3 is 15.2 Å². The van der Waals surface area contributed by atoms with Crippen molar-refractivity contribution in [3.05, 3.63) is 35.4 Å². The first kappa shape index (κ1) is 14.4. The van der Waals surface area contributed by atoms with E-state index in [0.29, 0.717) is 31.7 Å². The highest BCUT2D eigenvalue weighted by Gasteiger charge is 2.38. The zero-order valence-corrected chi connectivity index (χ0v) is 11.0. The van der Waals surface area contributed by atoms with Gasteiger partial charge in [-0.3, -0.25) is 0 Å². The molecule has 3 nitrogen and oxygen atoms in total. The van der Waals surface area contributed by atoms with E-state index in [1.165, 1.54) is 6.07 Å². The molecule has 1 fully saturated rings. The summed E-state index contributed by atoms with van der Waals surface area (Å²) < 4.78 is 32.0. The number of aliphatic hydroxyl groups is 1. The number of rotatable bonds is 6. The van der Waals surface area contributed by atoms with E-state index in [2.05, 4.69) is 5.32 Å². The van der Waals surface area contributed by atoms with Crippen LogP contribution >= 0.6 is 0 Å². The zero-order chi connectivity index (χ0) is 13.9. The molecule has 0 radical (unpaired) electrons. The first-order valence-electron chi connectivity index (χ1n) is 6.47. The first-order valence-corrected chi connectivity index (χ1v) is 6.47. The molecule has 1 aliphatic rings. The quantitative estimate of drug-likeness (QED) is 0.831. The van der Waals surface area contributed by atoms with Crippen molar-refractivity contribution >= 4 is 0 Å². The summed E-state index contributed by atoms with van der Waals surface area (Å²) in [4.78, 5) is 0. The Kier molecular flexibility index (Phi) is 4.50. The summed E-state index contributed by atoms with van der Waals surface area (Å²) in [6.45, 7) is 3.46.